The quantitative estimate of drug-likeness (QED) is 0.0261. The maximum Gasteiger partial charge on any atom is 0.306 e. The van der Waals surface area contributed by atoms with Crippen LogP contribution in [0.3, 0.4) is 0 Å². The minimum atomic E-state index is -0.801. The maximum absolute atomic E-state index is 12.9. The van der Waals surface area contributed by atoms with Crippen molar-refractivity contribution in [3.05, 3.63) is 60.8 Å². The second-order valence-electron chi connectivity index (χ2n) is 20.6. The lowest BCUT2D eigenvalue weighted by atomic mass is 10.0. The maximum atomic E-state index is 12.9. The summed E-state index contributed by atoms with van der Waals surface area (Å²) in [6.07, 6.45) is 75.2. The van der Waals surface area contributed by atoms with Gasteiger partial charge in [-0.05, 0) is 57.8 Å². The Morgan fingerprint density at radius 2 is 0.549 bits per heavy atom. The van der Waals surface area contributed by atoms with Gasteiger partial charge in [0.2, 0.25) is 0 Å². The van der Waals surface area contributed by atoms with Gasteiger partial charge in [0.1, 0.15) is 13.2 Å². The molecule has 0 spiro atoms. The van der Waals surface area contributed by atoms with E-state index in [9.17, 15) is 14.4 Å². The number of carbonyl (C=O) groups is 3. The van der Waals surface area contributed by atoms with Crippen LogP contribution in [0, 0.1) is 0 Å². The minimum Gasteiger partial charge on any atom is -0.462 e. The van der Waals surface area contributed by atoms with Gasteiger partial charge >= 0.3 is 17.9 Å². The van der Waals surface area contributed by atoms with Crippen molar-refractivity contribution in [3.8, 4) is 0 Å². The van der Waals surface area contributed by atoms with Gasteiger partial charge in [-0.25, -0.2) is 0 Å². The molecular formula is C65H116O6. The van der Waals surface area contributed by atoms with Gasteiger partial charge in [0.15, 0.2) is 6.10 Å². The summed E-state index contributed by atoms with van der Waals surface area (Å²) in [5.41, 5.74) is 0. The molecule has 71 heavy (non-hydrogen) atoms. The van der Waals surface area contributed by atoms with Crippen LogP contribution in [0.25, 0.3) is 0 Å². The first-order valence-electron chi connectivity index (χ1n) is 30.8. The van der Waals surface area contributed by atoms with E-state index < -0.39 is 6.10 Å². The fourth-order valence-electron chi connectivity index (χ4n) is 8.95. The van der Waals surface area contributed by atoms with Crippen molar-refractivity contribution < 1.29 is 28.6 Å². The van der Waals surface area contributed by atoms with Crippen LogP contribution in [0.4, 0.5) is 0 Å². The Labute approximate surface area is 440 Å². The summed E-state index contributed by atoms with van der Waals surface area (Å²) in [6, 6.07) is 0. The lowest BCUT2D eigenvalue weighted by Gasteiger charge is -2.18. The Balaban J connectivity index is 4.38. The van der Waals surface area contributed by atoms with Crippen molar-refractivity contribution >= 4 is 17.9 Å². The molecule has 0 rings (SSSR count). The van der Waals surface area contributed by atoms with Crippen molar-refractivity contribution in [2.45, 2.75) is 322 Å². The number of ether oxygens (including phenoxy) is 3. The van der Waals surface area contributed by atoms with Gasteiger partial charge in [0.05, 0.1) is 0 Å². The fourth-order valence-corrected chi connectivity index (χ4v) is 8.95. The number of esters is 3. The van der Waals surface area contributed by atoms with Crippen LogP contribution in [0.5, 0.6) is 0 Å². The van der Waals surface area contributed by atoms with Crippen molar-refractivity contribution in [3.63, 3.8) is 0 Å². The number of hydrogen-bond acceptors (Lipinski definition) is 6. The first kappa shape index (κ1) is 68.1. The molecule has 0 aromatic carbocycles. The van der Waals surface area contributed by atoms with E-state index in [0.29, 0.717) is 19.3 Å². The first-order chi connectivity index (χ1) is 35.0. The van der Waals surface area contributed by atoms with E-state index in [1.165, 1.54) is 193 Å². The average Bonchev–Trinajstić information content (AvgIpc) is 3.37. The van der Waals surface area contributed by atoms with Crippen LogP contribution >= 0.6 is 0 Å². The molecular weight excluding hydrogens is 877 g/mol. The Morgan fingerprint density at radius 3 is 0.845 bits per heavy atom. The monoisotopic (exact) mass is 993 g/mol. The molecule has 0 bridgehead atoms. The molecule has 0 aliphatic heterocycles. The molecule has 6 nitrogen and oxygen atoms in total. The summed E-state index contributed by atoms with van der Waals surface area (Å²) in [7, 11) is 0. The topological polar surface area (TPSA) is 78.9 Å². The van der Waals surface area contributed by atoms with Gasteiger partial charge in [0.25, 0.3) is 0 Å². The third-order valence-corrected chi connectivity index (χ3v) is 13.5. The van der Waals surface area contributed by atoms with Crippen LogP contribution in [-0.4, -0.2) is 37.2 Å². The predicted molar refractivity (Wildman–Crippen MR) is 307 cm³/mol. The van der Waals surface area contributed by atoms with E-state index in [1.54, 1.807) is 0 Å². The van der Waals surface area contributed by atoms with Crippen molar-refractivity contribution in [1.29, 1.82) is 0 Å². The molecule has 0 aliphatic rings. The number of rotatable bonds is 56. The van der Waals surface area contributed by atoms with E-state index in [-0.39, 0.29) is 37.5 Å². The molecule has 0 amide bonds. The van der Waals surface area contributed by atoms with Gasteiger partial charge < -0.3 is 14.2 Å². The molecule has 0 saturated carbocycles. The van der Waals surface area contributed by atoms with Crippen LogP contribution in [0.15, 0.2) is 60.8 Å². The molecule has 1 atom stereocenters. The first-order valence-corrected chi connectivity index (χ1v) is 30.8. The molecule has 0 heterocycles. The predicted octanol–water partition coefficient (Wildman–Crippen LogP) is 20.8. The zero-order chi connectivity index (χ0) is 51.4. The van der Waals surface area contributed by atoms with E-state index in [4.69, 9.17) is 14.2 Å². The summed E-state index contributed by atoms with van der Waals surface area (Å²) in [4.78, 5) is 38.2. The Kier molecular flexibility index (Phi) is 57.2. The second-order valence-corrected chi connectivity index (χ2v) is 20.6. The van der Waals surface area contributed by atoms with Crippen molar-refractivity contribution in [2.75, 3.05) is 13.2 Å². The molecule has 0 aliphatic carbocycles. The summed E-state index contributed by atoms with van der Waals surface area (Å²) in [5, 5.41) is 0. The zero-order valence-electron chi connectivity index (χ0n) is 47.2. The van der Waals surface area contributed by atoms with Gasteiger partial charge in [-0.2, -0.15) is 0 Å². The fraction of sp³-hybridized carbons (Fsp3) is 0.800. The molecule has 6 heteroatoms. The summed E-state index contributed by atoms with van der Waals surface area (Å²) in [5.74, 6) is -0.933. The highest BCUT2D eigenvalue weighted by atomic mass is 16.6. The molecule has 0 unspecified atom stereocenters. The summed E-state index contributed by atoms with van der Waals surface area (Å²) >= 11 is 0. The Bertz CT molecular complexity index is 1280. The normalized spacial score (nSPS) is 12.4. The third kappa shape index (κ3) is 57.9. The van der Waals surface area contributed by atoms with Gasteiger partial charge in [-0.15, -0.1) is 0 Å². The highest BCUT2D eigenvalue weighted by molar-refractivity contribution is 5.71. The number of allylic oxidation sites excluding steroid dienone is 10. The lowest BCUT2D eigenvalue weighted by Crippen LogP contribution is -2.30. The van der Waals surface area contributed by atoms with Crippen LogP contribution < -0.4 is 0 Å². The summed E-state index contributed by atoms with van der Waals surface area (Å²) in [6.45, 7) is 6.53. The van der Waals surface area contributed by atoms with E-state index in [1.807, 2.05) is 0 Å². The molecule has 0 aromatic heterocycles. The molecule has 412 valence electrons. The van der Waals surface area contributed by atoms with E-state index in [0.717, 1.165) is 77.0 Å². The SMILES string of the molecule is CC/C=C\C/C=C\C/C=C\C/C=C\C/C=C\CCCC(=O)O[C@@H](COC(=O)CCCCCCCCCCCCCCCCC)COC(=O)CCCCCCCCCCCCCCCCCCCCCCC. The number of carbonyl (C=O) groups excluding carboxylic acids is 3. The van der Waals surface area contributed by atoms with Crippen LogP contribution in [-0.2, 0) is 28.6 Å². The largest absolute Gasteiger partial charge is 0.462 e. The minimum absolute atomic E-state index is 0.0924. The van der Waals surface area contributed by atoms with Crippen molar-refractivity contribution in [2.24, 2.45) is 0 Å². The smallest absolute Gasteiger partial charge is 0.306 e. The molecule has 0 N–H and O–H groups in total. The van der Waals surface area contributed by atoms with E-state index >= 15 is 0 Å². The second kappa shape index (κ2) is 59.7. The molecule has 0 fully saturated rings. The standard InChI is InChI=1S/C65H116O6/c1-4-7-10-13-16-19-22-25-28-30-31-32-33-35-37-40-43-46-49-52-55-58-64(67)70-61-62(60-69-63(66)57-54-51-48-45-42-39-36-27-24-21-18-15-12-9-6-3)71-65(68)59-56-53-50-47-44-41-38-34-29-26-23-20-17-14-11-8-5-2/h8,11,17,20,26,29,38,41,47,50,62H,4-7,9-10,12-16,18-19,21-25,27-28,30-37,39-40,42-46,48-49,51-61H2,1-3H3/b11-8-,20-17-,29-26-,41-38-,50-47-/t62-/m0/s1. The molecule has 0 saturated heterocycles. The van der Waals surface area contributed by atoms with Crippen molar-refractivity contribution in [1.82, 2.24) is 0 Å². The van der Waals surface area contributed by atoms with Crippen LogP contribution in [0.1, 0.15) is 316 Å². The highest BCUT2D eigenvalue weighted by Gasteiger charge is 2.19. The van der Waals surface area contributed by atoms with Crippen LogP contribution in [0.2, 0.25) is 0 Å². The Hall–Kier alpha value is -2.89. The third-order valence-electron chi connectivity index (χ3n) is 13.5. The van der Waals surface area contributed by atoms with Gasteiger partial charge in [-0.1, -0.05) is 300 Å². The molecule has 0 aromatic rings. The number of unbranched alkanes of at least 4 members (excludes halogenated alkanes) is 35. The molecule has 0 radical (unpaired) electrons. The van der Waals surface area contributed by atoms with E-state index in [2.05, 4.69) is 81.5 Å². The average molecular weight is 994 g/mol. The number of hydrogen-bond donors (Lipinski definition) is 0. The van der Waals surface area contributed by atoms with Gasteiger partial charge in [0, 0.05) is 19.3 Å². The Morgan fingerprint density at radius 1 is 0.296 bits per heavy atom. The van der Waals surface area contributed by atoms with Gasteiger partial charge in [-0.3, -0.25) is 14.4 Å². The lowest BCUT2D eigenvalue weighted by molar-refractivity contribution is -0.167. The zero-order valence-corrected chi connectivity index (χ0v) is 47.2. The highest BCUT2D eigenvalue weighted by Crippen LogP contribution is 2.17. The summed E-state index contributed by atoms with van der Waals surface area (Å²) < 4.78 is 16.9.